The van der Waals surface area contributed by atoms with E-state index in [1.54, 1.807) is 10.5 Å². The van der Waals surface area contributed by atoms with Gasteiger partial charge in [0.25, 0.3) is 0 Å². The van der Waals surface area contributed by atoms with Crippen LogP contribution in [0.1, 0.15) is 119 Å². The second kappa shape index (κ2) is 18.2. The molecule has 3 saturated carbocycles. The van der Waals surface area contributed by atoms with E-state index in [1.807, 2.05) is 13.8 Å². The van der Waals surface area contributed by atoms with Gasteiger partial charge in [-0.25, -0.2) is 0 Å². The highest BCUT2D eigenvalue weighted by Crippen LogP contribution is 2.67. The Morgan fingerprint density at radius 3 is 2.47 bits per heavy atom. The molecule has 1 saturated heterocycles. The van der Waals surface area contributed by atoms with Crippen LogP contribution >= 0.6 is 0 Å². The molecule has 5 rings (SSSR count). The molecule has 0 radical (unpaired) electrons. The van der Waals surface area contributed by atoms with Gasteiger partial charge in [0, 0.05) is 13.1 Å². The number of hydrogen-bond acceptors (Lipinski definition) is 7. The molecule has 0 spiro atoms. The molecule has 2 amide bonds. The number of nitrogens with zero attached hydrogens (tertiary/aromatic N) is 1. The van der Waals surface area contributed by atoms with Crippen molar-refractivity contribution in [3.63, 3.8) is 0 Å². The van der Waals surface area contributed by atoms with Crippen LogP contribution in [0.25, 0.3) is 0 Å². The highest BCUT2D eigenvalue weighted by molar-refractivity contribution is 5.78. The normalized spacial score (nSPS) is 35.4. The first-order chi connectivity index (χ1) is 24.4. The fourth-order valence-corrected chi connectivity index (χ4v) is 11.4. The SMILES string of the molecule is CC(C)CC[C@H](C)[C@@H]1CC[C@@H]2C3CCC4=C[C@H](OCC(=O)NCCOCCOCC(=O)N5C[C@H](OC(C)C)C[C@H]5CO)CC[C@@]4(C)[C@@H]3CC[C@@]21C. The van der Waals surface area contributed by atoms with Crippen molar-refractivity contribution in [1.82, 2.24) is 10.2 Å². The lowest BCUT2D eigenvalue weighted by Crippen LogP contribution is -2.51. The van der Waals surface area contributed by atoms with E-state index in [0.717, 1.165) is 41.9 Å². The molecular weight excluding hydrogens is 644 g/mol. The Morgan fingerprint density at radius 2 is 1.73 bits per heavy atom. The average molecular weight is 717 g/mol. The summed E-state index contributed by atoms with van der Waals surface area (Å²) in [5.74, 6) is 4.81. The molecule has 0 aromatic heterocycles. The zero-order chi connectivity index (χ0) is 36.8. The second-order valence-corrected chi connectivity index (χ2v) is 18.0. The third-order valence-electron chi connectivity index (χ3n) is 14.0. The number of fused-ring (bicyclic) bond motifs is 5. The zero-order valence-corrected chi connectivity index (χ0v) is 33.1. The van der Waals surface area contributed by atoms with E-state index >= 15 is 0 Å². The molecule has 10 atom stereocenters. The fourth-order valence-electron chi connectivity index (χ4n) is 11.4. The number of amides is 2. The Bertz CT molecular complexity index is 1180. The molecule has 2 N–H and O–H groups in total. The minimum atomic E-state index is -0.231. The van der Waals surface area contributed by atoms with Crippen LogP contribution in [0.4, 0.5) is 0 Å². The molecule has 0 aromatic rings. The van der Waals surface area contributed by atoms with E-state index in [1.165, 1.54) is 57.8 Å². The van der Waals surface area contributed by atoms with Gasteiger partial charge in [-0.2, -0.15) is 0 Å². The van der Waals surface area contributed by atoms with Crippen LogP contribution in [0.3, 0.4) is 0 Å². The van der Waals surface area contributed by atoms with Gasteiger partial charge >= 0.3 is 0 Å². The molecule has 0 aromatic carbocycles. The Morgan fingerprint density at radius 1 is 0.941 bits per heavy atom. The summed E-state index contributed by atoms with van der Waals surface area (Å²) in [4.78, 5) is 26.8. The first kappa shape index (κ1) is 40.7. The highest BCUT2D eigenvalue weighted by atomic mass is 16.5. The lowest BCUT2D eigenvalue weighted by Gasteiger charge is -2.59. The quantitative estimate of drug-likeness (QED) is 0.122. The van der Waals surface area contributed by atoms with Crippen molar-refractivity contribution in [2.45, 2.75) is 143 Å². The molecule has 292 valence electrons. The van der Waals surface area contributed by atoms with Crippen LogP contribution in [-0.2, 0) is 28.5 Å². The number of carbonyl (C=O) groups is 2. The lowest BCUT2D eigenvalue weighted by molar-refractivity contribution is -0.138. The lowest BCUT2D eigenvalue weighted by atomic mass is 9.46. The summed E-state index contributed by atoms with van der Waals surface area (Å²) in [6.45, 7) is 18.2. The minimum Gasteiger partial charge on any atom is -0.394 e. The van der Waals surface area contributed by atoms with E-state index in [4.69, 9.17) is 18.9 Å². The van der Waals surface area contributed by atoms with Crippen molar-refractivity contribution in [3.8, 4) is 0 Å². The summed E-state index contributed by atoms with van der Waals surface area (Å²) in [6.07, 6.45) is 16.1. The summed E-state index contributed by atoms with van der Waals surface area (Å²) >= 11 is 0. The molecule has 1 unspecified atom stereocenters. The standard InChI is InChI=1S/C42H72N2O7/c1-28(2)8-9-30(5)36-12-13-37-35-11-10-31-22-33(14-16-41(31,6)38(35)15-17-42(36,37)7)50-26-39(46)43-18-19-48-20-21-49-27-40(47)44-24-34(51-29(3)4)23-32(44)25-45/h22,28-30,32-38,45H,8-21,23-27H2,1-7H3,(H,43,46)/t30-,32-,33+,34+,35?,36-,37+,38+,41+,42+/m0/s1. The number of hydrogen-bond donors (Lipinski definition) is 2. The summed E-state index contributed by atoms with van der Waals surface area (Å²) in [5, 5.41) is 12.6. The number of rotatable bonds is 18. The van der Waals surface area contributed by atoms with Crippen LogP contribution in [0.2, 0.25) is 0 Å². The second-order valence-electron chi connectivity index (χ2n) is 18.0. The smallest absolute Gasteiger partial charge is 0.248 e. The van der Waals surface area contributed by atoms with Gasteiger partial charge < -0.3 is 34.3 Å². The molecule has 1 aliphatic heterocycles. The van der Waals surface area contributed by atoms with Gasteiger partial charge in [0.05, 0.1) is 50.8 Å². The number of ether oxygens (including phenoxy) is 4. The van der Waals surface area contributed by atoms with Gasteiger partial charge in [-0.3, -0.25) is 9.59 Å². The summed E-state index contributed by atoms with van der Waals surface area (Å²) in [6, 6.07) is -0.231. The summed E-state index contributed by atoms with van der Waals surface area (Å²) in [5.41, 5.74) is 2.40. The Labute approximate surface area is 309 Å². The van der Waals surface area contributed by atoms with Gasteiger partial charge in [-0.05, 0) is 118 Å². The molecule has 4 fully saturated rings. The van der Waals surface area contributed by atoms with Crippen LogP contribution in [-0.4, -0.2) is 98.9 Å². The van der Waals surface area contributed by atoms with E-state index in [2.05, 4.69) is 46.0 Å². The van der Waals surface area contributed by atoms with E-state index in [-0.39, 0.29) is 68.0 Å². The van der Waals surface area contributed by atoms with Gasteiger partial charge in [-0.15, -0.1) is 0 Å². The fraction of sp³-hybridized carbons (Fsp3) is 0.905. The van der Waals surface area contributed by atoms with E-state index in [9.17, 15) is 14.7 Å². The summed E-state index contributed by atoms with van der Waals surface area (Å²) < 4.78 is 23.1. The minimum absolute atomic E-state index is 0.0137. The molecule has 4 aliphatic carbocycles. The molecule has 1 heterocycles. The monoisotopic (exact) mass is 717 g/mol. The van der Waals surface area contributed by atoms with Crippen LogP contribution in [0, 0.1) is 46.3 Å². The average Bonchev–Trinajstić information content (AvgIpc) is 3.67. The molecule has 5 aliphatic rings. The van der Waals surface area contributed by atoms with Gasteiger partial charge in [0.2, 0.25) is 11.8 Å². The predicted molar refractivity (Wildman–Crippen MR) is 200 cm³/mol. The van der Waals surface area contributed by atoms with Gasteiger partial charge in [0.15, 0.2) is 0 Å². The maximum atomic E-state index is 12.6. The Kier molecular flexibility index (Phi) is 14.5. The van der Waals surface area contributed by atoms with E-state index < -0.39 is 0 Å². The number of aliphatic hydroxyl groups is 1. The molecule has 51 heavy (non-hydrogen) atoms. The first-order valence-corrected chi connectivity index (χ1v) is 20.7. The van der Waals surface area contributed by atoms with Crippen LogP contribution < -0.4 is 5.32 Å². The van der Waals surface area contributed by atoms with Crippen molar-refractivity contribution < 1.29 is 33.6 Å². The summed E-state index contributed by atoms with van der Waals surface area (Å²) in [7, 11) is 0. The van der Waals surface area contributed by atoms with Gasteiger partial charge in [0.1, 0.15) is 13.2 Å². The molecular formula is C42H72N2O7. The maximum absolute atomic E-state index is 12.6. The van der Waals surface area contributed by atoms with Crippen molar-refractivity contribution in [1.29, 1.82) is 0 Å². The zero-order valence-electron chi connectivity index (χ0n) is 33.1. The van der Waals surface area contributed by atoms with Crippen LogP contribution in [0.5, 0.6) is 0 Å². The molecule has 9 heteroatoms. The maximum Gasteiger partial charge on any atom is 0.248 e. The molecule has 9 nitrogen and oxygen atoms in total. The number of nitrogens with one attached hydrogen (secondary N) is 1. The van der Waals surface area contributed by atoms with Crippen molar-refractivity contribution in [3.05, 3.63) is 11.6 Å². The topological polar surface area (TPSA) is 107 Å². The molecule has 0 bridgehead atoms. The third-order valence-corrected chi connectivity index (χ3v) is 14.0. The Balaban J connectivity index is 0.963. The largest absolute Gasteiger partial charge is 0.394 e. The number of likely N-dealkylation sites (tertiary alicyclic amines) is 1. The first-order valence-electron chi connectivity index (χ1n) is 20.7. The number of aliphatic hydroxyl groups excluding tert-OH is 1. The predicted octanol–water partition coefficient (Wildman–Crippen LogP) is 6.56. The number of allylic oxidation sites excluding steroid dienone is 1. The highest BCUT2D eigenvalue weighted by Gasteiger charge is 2.59. The Hall–Kier alpha value is -1.52. The number of carbonyl (C=O) groups excluding carboxylic acids is 2. The third kappa shape index (κ3) is 9.78. The van der Waals surface area contributed by atoms with Crippen molar-refractivity contribution >= 4 is 11.8 Å². The van der Waals surface area contributed by atoms with E-state index in [0.29, 0.717) is 38.1 Å². The van der Waals surface area contributed by atoms with Gasteiger partial charge in [-0.1, -0.05) is 59.1 Å². The van der Waals surface area contributed by atoms with Crippen molar-refractivity contribution in [2.75, 3.05) is 52.7 Å². The van der Waals surface area contributed by atoms with Crippen LogP contribution in [0.15, 0.2) is 11.6 Å². The van der Waals surface area contributed by atoms with Crippen molar-refractivity contribution in [2.24, 2.45) is 46.3 Å².